The van der Waals surface area contributed by atoms with E-state index < -0.39 is 10.8 Å². The van der Waals surface area contributed by atoms with E-state index >= 15 is 0 Å². The third-order valence-electron chi connectivity index (χ3n) is 3.75. The smallest absolute Gasteiger partial charge is 0.271 e. The molecule has 2 aromatic rings. The minimum Gasteiger partial charge on any atom is -0.496 e. The minimum atomic E-state index is -0.600. The lowest BCUT2D eigenvalue weighted by molar-refractivity contribution is -0.384. The Morgan fingerprint density at radius 3 is 2.64 bits per heavy atom. The fourth-order valence-corrected chi connectivity index (χ4v) is 2.35. The van der Waals surface area contributed by atoms with Gasteiger partial charge >= 0.3 is 0 Å². The highest BCUT2D eigenvalue weighted by molar-refractivity contribution is 6.01. The highest BCUT2D eigenvalue weighted by Crippen LogP contribution is 2.16. The summed E-state index contributed by atoms with van der Waals surface area (Å²) in [5.74, 6) is -0.188. The average molecular weight is 384 g/mol. The van der Waals surface area contributed by atoms with E-state index in [-0.39, 0.29) is 23.6 Å². The number of hydrazone groups is 1. The van der Waals surface area contributed by atoms with Crippen LogP contribution in [0.3, 0.4) is 0 Å². The van der Waals surface area contributed by atoms with Crippen molar-refractivity contribution in [1.29, 1.82) is 0 Å². The molecule has 0 saturated heterocycles. The van der Waals surface area contributed by atoms with E-state index in [1.165, 1.54) is 18.2 Å². The Labute approximate surface area is 161 Å². The van der Waals surface area contributed by atoms with Crippen LogP contribution in [0.15, 0.2) is 53.6 Å². The molecule has 0 aromatic heterocycles. The number of amides is 2. The molecule has 0 fully saturated rings. The number of nitro benzene ring substituents is 1. The number of hydrogen-bond donors (Lipinski definition) is 2. The molecule has 2 amide bonds. The van der Waals surface area contributed by atoms with Gasteiger partial charge in [-0.15, -0.1) is 0 Å². The number of non-ortho nitro benzene ring substituents is 1. The summed E-state index contributed by atoms with van der Waals surface area (Å²) in [6.07, 6.45) is -0.00956. The largest absolute Gasteiger partial charge is 0.496 e. The van der Waals surface area contributed by atoms with Crippen molar-refractivity contribution >= 4 is 23.2 Å². The van der Waals surface area contributed by atoms with Crippen molar-refractivity contribution in [3.8, 4) is 5.75 Å². The monoisotopic (exact) mass is 384 g/mol. The first-order valence-electron chi connectivity index (χ1n) is 8.37. The zero-order valence-corrected chi connectivity index (χ0v) is 15.5. The van der Waals surface area contributed by atoms with Gasteiger partial charge in [-0.1, -0.05) is 24.3 Å². The summed E-state index contributed by atoms with van der Waals surface area (Å²) in [4.78, 5) is 34.3. The molecule has 0 unspecified atom stereocenters. The number of nitrogens with zero attached hydrogens (tertiary/aromatic N) is 2. The normalized spacial score (nSPS) is 10.9. The maximum atomic E-state index is 12.0. The number of benzene rings is 2. The molecule has 0 saturated carbocycles. The zero-order valence-electron chi connectivity index (χ0n) is 15.5. The maximum Gasteiger partial charge on any atom is 0.271 e. The van der Waals surface area contributed by atoms with Crippen molar-refractivity contribution in [2.45, 2.75) is 19.9 Å². The van der Waals surface area contributed by atoms with Gasteiger partial charge in [-0.25, -0.2) is 5.43 Å². The molecule has 0 radical (unpaired) electrons. The molecule has 2 aromatic carbocycles. The van der Waals surface area contributed by atoms with Crippen LogP contribution in [0.1, 0.15) is 29.3 Å². The molecule has 9 nitrogen and oxygen atoms in total. The fraction of sp³-hybridized carbons (Fsp3) is 0.211. The standard InChI is InChI=1S/C19H20N4O5/c1-13(10-18(24)20-12-15-6-3-4-9-17(15)28-2)21-22-19(25)14-7-5-8-16(11-14)23(26)27/h3-9,11H,10,12H2,1-2H3,(H,20,24)(H,22,25)/b21-13+. The van der Waals surface area contributed by atoms with Gasteiger partial charge in [0.25, 0.3) is 11.6 Å². The quantitative estimate of drug-likeness (QED) is 0.411. The maximum absolute atomic E-state index is 12.0. The topological polar surface area (TPSA) is 123 Å². The summed E-state index contributed by atoms with van der Waals surface area (Å²) < 4.78 is 5.22. The molecule has 0 spiro atoms. The number of methoxy groups -OCH3 is 1. The number of para-hydroxylation sites is 1. The molecule has 0 heterocycles. The van der Waals surface area contributed by atoms with Gasteiger partial charge in [0, 0.05) is 35.5 Å². The lowest BCUT2D eigenvalue weighted by Crippen LogP contribution is -2.26. The Hall–Kier alpha value is -3.75. The van der Waals surface area contributed by atoms with Crippen molar-refractivity contribution in [3.63, 3.8) is 0 Å². The summed E-state index contributed by atoms with van der Waals surface area (Å²) >= 11 is 0. The number of hydrogen-bond acceptors (Lipinski definition) is 6. The predicted octanol–water partition coefficient (Wildman–Crippen LogP) is 2.42. The number of nitrogens with one attached hydrogen (secondary N) is 2. The van der Waals surface area contributed by atoms with E-state index in [1.54, 1.807) is 20.1 Å². The number of rotatable bonds is 8. The van der Waals surface area contributed by atoms with E-state index in [4.69, 9.17) is 4.74 Å². The summed E-state index contributed by atoms with van der Waals surface area (Å²) in [6, 6.07) is 12.6. The third-order valence-corrected chi connectivity index (χ3v) is 3.75. The minimum absolute atomic E-state index is 0.00956. The van der Waals surface area contributed by atoms with E-state index in [0.717, 1.165) is 11.6 Å². The SMILES string of the molecule is COc1ccccc1CNC(=O)C/C(C)=N/NC(=O)c1cccc([N+](=O)[O-])c1. The second-order valence-corrected chi connectivity index (χ2v) is 5.86. The molecule has 28 heavy (non-hydrogen) atoms. The van der Waals surface area contributed by atoms with Gasteiger partial charge in [0.1, 0.15) is 5.75 Å². The van der Waals surface area contributed by atoms with Crippen LogP contribution in [0.25, 0.3) is 0 Å². The van der Waals surface area contributed by atoms with Gasteiger partial charge in [0.15, 0.2) is 0 Å². The van der Waals surface area contributed by atoms with E-state index in [2.05, 4.69) is 15.8 Å². The molecule has 0 aliphatic carbocycles. The Bertz CT molecular complexity index is 911. The zero-order chi connectivity index (χ0) is 20.5. The van der Waals surface area contributed by atoms with Crippen LogP contribution in [0.4, 0.5) is 5.69 Å². The molecule has 0 aliphatic rings. The Morgan fingerprint density at radius 2 is 1.93 bits per heavy atom. The lowest BCUT2D eigenvalue weighted by atomic mass is 10.2. The number of carbonyl (C=O) groups excluding carboxylic acids is 2. The molecule has 0 aliphatic heterocycles. The predicted molar refractivity (Wildman–Crippen MR) is 103 cm³/mol. The van der Waals surface area contributed by atoms with Gasteiger partial charge in [0.05, 0.1) is 18.5 Å². The molecular formula is C19H20N4O5. The van der Waals surface area contributed by atoms with Crippen LogP contribution in [-0.2, 0) is 11.3 Å². The van der Waals surface area contributed by atoms with Crippen molar-refractivity contribution in [3.05, 3.63) is 69.8 Å². The first-order valence-corrected chi connectivity index (χ1v) is 8.37. The lowest BCUT2D eigenvalue weighted by Gasteiger charge is -2.09. The van der Waals surface area contributed by atoms with Gasteiger partial charge in [-0.05, 0) is 19.1 Å². The van der Waals surface area contributed by atoms with Gasteiger partial charge in [0.2, 0.25) is 5.91 Å². The van der Waals surface area contributed by atoms with Crippen molar-refractivity contribution < 1.29 is 19.2 Å². The summed E-state index contributed by atoms with van der Waals surface area (Å²) in [5, 5.41) is 17.4. The van der Waals surface area contributed by atoms with Gasteiger partial charge in [-0.3, -0.25) is 19.7 Å². The molecule has 2 N–H and O–H groups in total. The summed E-state index contributed by atoms with van der Waals surface area (Å²) in [5.41, 5.74) is 3.43. The fourth-order valence-electron chi connectivity index (χ4n) is 2.35. The molecule has 146 valence electrons. The van der Waals surface area contributed by atoms with E-state index in [9.17, 15) is 19.7 Å². The first-order chi connectivity index (χ1) is 13.4. The molecule has 0 bridgehead atoms. The molecule has 2 rings (SSSR count). The van der Waals surface area contributed by atoms with Gasteiger partial charge < -0.3 is 10.1 Å². The van der Waals surface area contributed by atoms with Crippen LogP contribution in [-0.4, -0.2) is 29.6 Å². The molecule has 0 atom stereocenters. The van der Waals surface area contributed by atoms with Crippen LogP contribution >= 0.6 is 0 Å². The van der Waals surface area contributed by atoms with E-state index in [0.29, 0.717) is 18.0 Å². The summed E-state index contributed by atoms with van der Waals surface area (Å²) in [7, 11) is 1.56. The second kappa shape index (κ2) is 9.81. The number of ether oxygens (including phenoxy) is 1. The Balaban J connectivity index is 1.88. The second-order valence-electron chi connectivity index (χ2n) is 5.86. The van der Waals surface area contributed by atoms with E-state index in [1.807, 2.05) is 18.2 Å². The Kier molecular flexibility index (Phi) is 7.21. The van der Waals surface area contributed by atoms with Gasteiger partial charge in [-0.2, -0.15) is 5.10 Å². The molecular weight excluding hydrogens is 364 g/mol. The first kappa shape index (κ1) is 20.6. The third kappa shape index (κ3) is 5.90. The average Bonchev–Trinajstić information content (AvgIpc) is 2.70. The molecule has 9 heteroatoms. The van der Waals surface area contributed by atoms with Crippen molar-refractivity contribution in [1.82, 2.24) is 10.7 Å². The van der Waals surface area contributed by atoms with Crippen molar-refractivity contribution in [2.75, 3.05) is 7.11 Å². The van der Waals surface area contributed by atoms with Crippen LogP contribution < -0.4 is 15.5 Å². The van der Waals surface area contributed by atoms with Crippen LogP contribution in [0.2, 0.25) is 0 Å². The highest BCUT2D eigenvalue weighted by Gasteiger charge is 2.11. The summed E-state index contributed by atoms with van der Waals surface area (Å²) in [6.45, 7) is 1.90. The van der Waals surface area contributed by atoms with Crippen LogP contribution in [0, 0.1) is 10.1 Å². The Morgan fingerprint density at radius 1 is 1.18 bits per heavy atom. The van der Waals surface area contributed by atoms with Crippen molar-refractivity contribution in [2.24, 2.45) is 5.10 Å². The number of nitro groups is 1. The highest BCUT2D eigenvalue weighted by atomic mass is 16.6. The van der Waals surface area contributed by atoms with Crippen LogP contribution in [0.5, 0.6) is 5.75 Å². The number of carbonyl (C=O) groups is 2.